The van der Waals surface area contributed by atoms with Crippen LogP contribution in [0.2, 0.25) is 0 Å². The molecule has 2 N–H and O–H groups in total. The standard InChI is InChI=1S/C17H19N3O/c1-11-17(12(2)20-19-11)18-10-15-14-7-5-4-6-13(14)8-9-16(15)21-3/h4-9,18H,10H2,1-3H3,(H,19,20). The van der Waals surface area contributed by atoms with Gasteiger partial charge in [-0.2, -0.15) is 5.10 Å². The van der Waals surface area contributed by atoms with Gasteiger partial charge in [-0.3, -0.25) is 5.10 Å². The van der Waals surface area contributed by atoms with E-state index in [4.69, 9.17) is 4.74 Å². The van der Waals surface area contributed by atoms with E-state index in [0.29, 0.717) is 6.54 Å². The molecule has 1 aromatic heterocycles. The van der Waals surface area contributed by atoms with Crippen molar-refractivity contribution in [2.24, 2.45) is 0 Å². The zero-order valence-electron chi connectivity index (χ0n) is 12.5. The minimum absolute atomic E-state index is 0.700. The number of aromatic amines is 1. The molecule has 0 bridgehead atoms. The Bertz CT molecular complexity index is 757. The summed E-state index contributed by atoms with van der Waals surface area (Å²) in [7, 11) is 1.71. The van der Waals surface area contributed by atoms with Gasteiger partial charge in [-0.05, 0) is 30.7 Å². The van der Waals surface area contributed by atoms with Gasteiger partial charge in [0.25, 0.3) is 0 Å². The van der Waals surface area contributed by atoms with Crippen LogP contribution in [0.4, 0.5) is 5.69 Å². The summed E-state index contributed by atoms with van der Waals surface area (Å²) in [6.45, 7) is 4.71. The molecule has 21 heavy (non-hydrogen) atoms. The number of methoxy groups -OCH3 is 1. The zero-order valence-corrected chi connectivity index (χ0v) is 12.5. The molecule has 2 aromatic carbocycles. The average molecular weight is 281 g/mol. The third kappa shape index (κ3) is 2.44. The van der Waals surface area contributed by atoms with E-state index >= 15 is 0 Å². The van der Waals surface area contributed by atoms with Gasteiger partial charge < -0.3 is 10.1 Å². The number of benzene rings is 2. The van der Waals surface area contributed by atoms with Gasteiger partial charge in [0.1, 0.15) is 5.75 Å². The highest BCUT2D eigenvalue weighted by Crippen LogP contribution is 2.29. The molecule has 1 heterocycles. The Morgan fingerprint density at radius 2 is 1.95 bits per heavy atom. The summed E-state index contributed by atoms with van der Waals surface area (Å²) in [6.07, 6.45) is 0. The van der Waals surface area contributed by atoms with Crippen molar-refractivity contribution in [3.05, 3.63) is 53.3 Å². The van der Waals surface area contributed by atoms with Gasteiger partial charge in [0, 0.05) is 12.1 Å². The maximum absolute atomic E-state index is 5.52. The molecule has 108 valence electrons. The van der Waals surface area contributed by atoms with Crippen molar-refractivity contribution in [3.63, 3.8) is 0 Å². The van der Waals surface area contributed by atoms with Crippen molar-refractivity contribution in [3.8, 4) is 5.75 Å². The summed E-state index contributed by atoms with van der Waals surface area (Å²) in [5.74, 6) is 0.903. The molecule has 4 nitrogen and oxygen atoms in total. The first-order chi connectivity index (χ1) is 10.2. The Labute approximate surface area is 124 Å². The number of H-pyrrole nitrogens is 1. The molecule has 3 rings (SSSR count). The molecule has 0 aliphatic rings. The largest absolute Gasteiger partial charge is 0.496 e. The summed E-state index contributed by atoms with van der Waals surface area (Å²) >= 11 is 0. The first kappa shape index (κ1) is 13.5. The minimum atomic E-state index is 0.700. The molecule has 0 atom stereocenters. The number of hydrogen-bond donors (Lipinski definition) is 2. The van der Waals surface area contributed by atoms with Gasteiger partial charge in [0.2, 0.25) is 0 Å². The molecule has 0 unspecified atom stereocenters. The first-order valence-electron chi connectivity index (χ1n) is 7.00. The van der Waals surface area contributed by atoms with Crippen molar-refractivity contribution < 1.29 is 4.74 Å². The van der Waals surface area contributed by atoms with Gasteiger partial charge in [0.15, 0.2) is 0 Å². The fraction of sp³-hybridized carbons (Fsp3) is 0.235. The van der Waals surface area contributed by atoms with Gasteiger partial charge in [-0.25, -0.2) is 0 Å². The molecule has 4 heteroatoms. The highest BCUT2D eigenvalue weighted by molar-refractivity contribution is 5.88. The molecule has 3 aromatic rings. The van der Waals surface area contributed by atoms with Crippen LogP contribution < -0.4 is 10.1 Å². The quantitative estimate of drug-likeness (QED) is 0.764. The van der Waals surface area contributed by atoms with Crippen LogP contribution in [0.5, 0.6) is 5.75 Å². The van der Waals surface area contributed by atoms with E-state index < -0.39 is 0 Å². The second-order valence-electron chi connectivity index (χ2n) is 5.13. The van der Waals surface area contributed by atoms with Gasteiger partial charge in [-0.15, -0.1) is 0 Å². The molecular weight excluding hydrogens is 262 g/mol. The van der Waals surface area contributed by atoms with Gasteiger partial charge in [0.05, 0.1) is 24.2 Å². The maximum Gasteiger partial charge on any atom is 0.124 e. The number of fused-ring (bicyclic) bond motifs is 1. The lowest BCUT2D eigenvalue weighted by Crippen LogP contribution is -2.04. The third-order valence-corrected chi connectivity index (χ3v) is 3.79. The number of hydrogen-bond acceptors (Lipinski definition) is 3. The van der Waals surface area contributed by atoms with Gasteiger partial charge >= 0.3 is 0 Å². The Morgan fingerprint density at radius 1 is 1.14 bits per heavy atom. The summed E-state index contributed by atoms with van der Waals surface area (Å²) in [5.41, 5.74) is 4.25. The fourth-order valence-electron chi connectivity index (χ4n) is 2.68. The Morgan fingerprint density at radius 3 is 2.67 bits per heavy atom. The van der Waals surface area contributed by atoms with Crippen LogP contribution >= 0.6 is 0 Å². The lowest BCUT2D eigenvalue weighted by Gasteiger charge is -2.14. The second kappa shape index (κ2) is 5.48. The van der Waals surface area contributed by atoms with Crippen molar-refractivity contribution in [1.82, 2.24) is 10.2 Å². The molecule has 0 spiro atoms. The van der Waals surface area contributed by atoms with Crippen LogP contribution in [0.15, 0.2) is 36.4 Å². The molecule has 0 aliphatic heterocycles. The van der Waals surface area contributed by atoms with Crippen molar-refractivity contribution in [1.29, 1.82) is 0 Å². The number of nitrogens with one attached hydrogen (secondary N) is 2. The predicted octanol–water partition coefficient (Wildman–Crippen LogP) is 3.80. The summed E-state index contributed by atoms with van der Waals surface area (Å²) in [6, 6.07) is 12.5. The number of rotatable bonds is 4. The molecule has 0 aliphatic carbocycles. The third-order valence-electron chi connectivity index (χ3n) is 3.79. The highest BCUT2D eigenvalue weighted by Gasteiger charge is 2.10. The molecule has 0 saturated heterocycles. The number of aryl methyl sites for hydroxylation is 2. The van der Waals surface area contributed by atoms with E-state index in [1.54, 1.807) is 7.11 Å². The SMILES string of the molecule is COc1ccc2ccccc2c1CNc1c(C)n[nH]c1C. The van der Waals surface area contributed by atoms with E-state index in [0.717, 1.165) is 28.4 Å². The summed E-state index contributed by atoms with van der Waals surface area (Å²) in [5, 5.41) is 13.1. The monoisotopic (exact) mass is 281 g/mol. The Kier molecular flexibility index (Phi) is 3.52. The summed E-state index contributed by atoms with van der Waals surface area (Å²) in [4.78, 5) is 0. The van der Waals surface area contributed by atoms with Crippen LogP contribution in [-0.4, -0.2) is 17.3 Å². The Hall–Kier alpha value is -2.49. The van der Waals surface area contributed by atoms with Gasteiger partial charge in [-0.1, -0.05) is 30.3 Å². The van der Waals surface area contributed by atoms with Crippen molar-refractivity contribution in [2.75, 3.05) is 12.4 Å². The van der Waals surface area contributed by atoms with Crippen molar-refractivity contribution >= 4 is 16.5 Å². The van der Waals surface area contributed by atoms with E-state index in [1.165, 1.54) is 10.8 Å². The molecule has 0 radical (unpaired) electrons. The number of aromatic nitrogens is 2. The van der Waals surface area contributed by atoms with Crippen LogP contribution in [0, 0.1) is 13.8 Å². The highest BCUT2D eigenvalue weighted by atomic mass is 16.5. The lowest BCUT2D eigenvalue weighted by molar-refractivity contribution is 0.411. The number of ether oxygens (including phenoxy) is 1. The normalized spacial score (nSPS) is 10.8. The van der Waals surface area contributed by atoms with E-state index in [2.05, 4.69) is 45.8 Å². The van der Waals surface area contributed by atoms with Crippen LogP contribution in [0.25, 0.3) is 10.8 Å². The topological polar surface area (TPSA) is 49.9 Å². The van der Waals surface area contributed by atoms with E-state index in [1.807, 2.05) is 19.9 Å². The number of nitrogens with zero attached hydrogens (tertiary/aromatic N) is 1. The smallest absolute Gasteiger partial charge is 0.124 e. The second-order valence-corrected chi connectivity index (χ2v) is 5.13. The zero-order chi connectivity index (χ0) is 14.8. The van der Waals surface area contributed by atoms with Crippen LogP contribution in [-0.2, 0) is 6.54 Å². The average Bonchev–Trinajstić information content (AvgIpc) is 2.83. The van der Waals surface area contributed by atoms with Crippen LogP contribution in [0.3, 0.4) is 0 Å². The molecular formula is C17H19N3O. The minimum Gasteiger partial charge on any atom is -0.496 e. The molecule has 0 fully saturated rings. The van der Waals surface area contributed by atoms with E-state index in [9.17, 15) is 0 Å². The molecule has 0 amide bonds. The van der Waals surface area contributed by atoms with Crippen LogP contribution in [0.1, 0.15) is 17.0 Å². The lowest BCUT2D eigenvalue weighted by atomic mass is 10.0. The maximum atomic E-state index is 5.52. The Balaban J connectivity index is 1.99. The van der Waals surface area contributed by atoms with Crippen molar-refractivity contribution in [2.45, 2.75) is 20.4 Å². The number of anilines is 1. The first-order valence-corrected chi connectivity index (χ1v) is 7.00. The predicted molar refractivity (Wildman–Crippen MR) is 85.9 cm³/mol. The summed E-state index contributed by atoms with van der Waals surface area (Å²) < 4.78 is 5.52. The van der Waals surface area contributed by atoms with E-state index in [-0.39, 0.29) is 0 Å². The fourth-order valence-corrected chi connectivity index (χ4v) is 2.68. The molecule has 0 saturated carbocycles.